The lowest BCUT2D eigenvalue weighted by Gasteiger charge is -2.17. The quantitative estimate of drug-likeness (QED) is 0.892. The van der Waals surface area contributed by atoms with E-state index < -0.39 is 5.97 Å². The van der Waals surface area contributed by atoms with Crippen molar-refractivity contribution in [3.63, 3.8) is 0 Å². The summed E-state index contributed by atoms with van der Waals surface area (Å²) < 4.78 is 0. The van der Waals surface area contributed by atoms with Crippen LogP contribution in [0.4, 0.5) is 0 Å². The first kappa shape index (κ1) is 13.1. The molecule has 3 nitrogen and oxygen atoms in total. The zero-order valence-corrected chi connectivity index (χ0v) is 11.3. The Balaban J connectivity index is 2.07. The summed E-state index contributed by atoms with van der Waals surface area (Å²) in [5.74, 6) is -0.631. The standard InChI is InChI=1S/C15H21NO2/c1-10-4-5-11(2)13(6-10)8-16-7-12(3)14(9-16)15(17)18/h4-6,12,14H,7-9H2,1-3H3,(H,17,18)/t12-,14-/m1/s1. The number of aryl methyl sites for hydroxylation is 2. The van der Waals surface area contributed by atoms with Gasteiger partial charge in [-0.15, -0.1) is 0 Å². The Kier molecular flexibility index (Phi) is 3.71. The molecule has 0 spiro atoms. The highest BCUT2D eigenvalue weighted by molar-refractivity contribution is 5.71. The molecule has 1 aromatic rings. The summed E-state index contributed by atoms with van der Waals surface area (Å²) in [6.07, 6.45) is 0. The molecule has 0 aliphatic carbocycles. The maximum absolute atomic E-state index is 11.1. The summed E-state index contributed by atoms with van der Waals surface area (Å²) in [4.78, 5) is 13.4. The highest BCUT2D eigenvalue weighted by Gasteiger charge is 2.34. The first-order chi connectivity index (χ1) is 8.47. The third-order valence-electron chi connectivity index (χ3n) is 3.90. The van der Waals surface area contributed by atoms with Crippen molar-refractivity contribution in [2.75, 3.05) is 13.1 Å². The van der Waals surface area contributed by atoms with Gasteiger partial charge in [0.25, 0.3) is 0 Å². The van der Waals surface area contributed by atoms with Gasteiger partial charge < -0.3 is 5.11 Å². The van der Waals surface area contributed by atoms with Crippen molar-refractivity contribution in [1.29, 1.82) is 0 Å². The maximum atomic E-state index is 11.1. The van der Waals surface area contributed by atoms with Gasteiger partial charge >= 0.3 is 5.97 Å². The molecule has 1 N–H and O–H groups in total. The molecular formula is C15H21NO2. The first-order valence-corrected chi connectivity index (χ1v) is 6.48. The second-order valence-corrected chi connectivity index (χ2v) is 5.55. The minimum Gasteiger partial charge on any atom is -0.481 e. The zero-order valence-electron chi connectivity index (χ0n) is 11.3. The number of benzene rings is 1. The number of likely N-dealkylation sites (tertiary alicyclic amines) is 1. The van der Waals surface area contributed by atoms with Crippen LogP contribution in [0.3, 0.4) is 0 Å². The number of aliphatic carboxylic acids is 1. The molecule has 98 valence electrons. The monoisotopic (exact) mass is 247 g/mol. The summed E-state index contributed by atoms with van der Waals surface area (Å²) in [5.41, 5.74) is 3.86. The molecule has 2 atom stereocenters. The second kappa shape index (κ2) is 5.11. The SMILES string of the molecule is Cc1ccc(C)c(CN2C[C@@H](C)[C@H](C(=O)O)C2)c1. The van der Waals surface area contributed by atoms with Gasteiger partial charge in [0.05, 0.1) is 5.92 Å². The average molecular weight is 247 g/mol. The van der Waals surface area contributed by atoms with Crippen LogP contribution in [0.1, 0.15) is 23.6 Å². The fraction of sp³-hybridized carbons (Fsp3) is 0.533. The van der Waals surface area contributed by atoms with E-state index in [-0.39, 0.29) is 11.8 Å². The number of hydrogen-bond donors (Lipinski definition) is 1. The smallest absolute Gasteiger partial charge is 0.308 e. The topological polar surface area (TPSA) is 40.5 Å². The number of carboxylic acid groups (broad SMARTS) is 1. The largest absolute Gasteiger partial charge is 0.481 e. The fourth-order valence-corrected chi connectivity index (χ4v) is 2.73. The van der Waals surface area contributed by atoms with E-state index >= 15 is 0 Å². The van der Waals surface area contributed by atoms with Crippen molar-refractivity contribution >= 4 is 5.97 Å². The maximum Gasteiger partial charge on any atom is 0.308 e. The predicted octanol–water partition coefficient (Wildman–Crippen LogP) is 2.46. The van der Waals surface area contributed by atoms with Gasteiger partial charge in [0.1, 0.15) is 0 Å². The van der Waals surface area contributed by atoms with E-state index in [0.717, 1.165) is 13.1 Å². The highest BCUT2D eigenvalue weighted by atomic mass is 16.4. The Labute approximate surface area is 108 Å². The zero-order chi connectivity index (χ0) is 13.3. The van der Waals surface area contributed by atoms with Crippen LogP contribution in [0.2, 0.25) is 0 Å². The Morgan fingerprint density at radius 3 is 2.72 bits per heavy atom. The van der Waals surface area contributed by atoms with Gasteiger partial charge in [-0.25, -0.2) is 0 Å². The molecule has 1 saturated heterocycles. The van der Waals surface area contributed by atoms with Gasteiger partial charge in [-0.05, 0) is 30.9 Å². The van der Waals surface area contributed by atoms with Crippen LogP contribution in [0.5, 0.6) is 0 Å². The molecule has 1 aliphatic heterocycles. The lowest BCUT2D eigenvalue weighted by atomic mass is 9.99. The molecule has 0 unspecified atom stereocenters. The molecule has 0 radical (unpaired) electrons. The summed E-state index contributed by atoms with van der Waals surface area (Å²) in [6, 6.07) is 6.46. The van der Waals surface area contributed by atoms with E-state index in [1.165, 1.54) is 16.7 Å². The van der Waals surface area contributed by atoms with Crippen LogP contribution < -0.4 is 0 Å². The predicted molar refractivity (Wildman–Crippen MR) is 71.5 cm³/mol. The van der Waals surface area contributed by atoms with Gasteiger partial charge in [0.15, 0.2) is 0 Å². The lowest BCUT2D eigenvalue weighted by molar-refractivity contribution is -0.142. The molecule has 0 amide bonds. The Morgan fingerprint density at radius 2 is 2.11 bits per heavy atom. The van der Waals surface area contributed by atoms with E-state index in [2.05, 4.69) is 36.9 Å². The third-order valence-corrected chi connectivity index (χ3v) is 3.90. The van der Waals surface area contributed by atoms with E-state index in [1.807, 2.05) is 6.92 Å². The molecule has 1 heterocycles. The van der Waals surface area contributed by atoms with Crippen molar-refractivity contribution in [2.24, 2.45) is 11.8 Å². The summed E-state index contributed by atoms with van der Waals surface area (Å²) in [5, 5.41) is 9.14. The van der Waals surface area contributed by atoms with Crippen LogP contribution in [-0.4, -0.2) is 29.1 Å². The number of nitrogens with zero attached hydrogens (tertiary/aromatic N) is 1. The normalized spacial score (nSPS) is 24.4. The van der Waals surface area contributed by atoms with E-state index in [1.54, 1.807) is 0 Å². The van der Waals surface area contributed by atoms with Crippen LogP contribution >= 0.6 is 0 Å². The average Bonchev–Trinajstić information content (AvgIpc) is 2.65. The fourth-order valence-electron chi connectivity index (χ4n) is 2.73. The molecule has 3 heteroatoms. The molecular weight excluding hydrogens is 226 g/mol. The van der Waals surface area contributed by atoms with E-state index in [9.17, 15) is 4.79 Å². The summed E-state index contributed by atoms with van der Waals surface area (Å²) >= 11 is 0. The molecule has 2 rings (SSSR count). The van der Waals surface area contributed by atoms with Crippen LogP contribution in [0, 0.1) is 25.7 Å². The number of carboxylic acids is 1. The number of hydrogen-bond acceptors (Lipinski definition) is 2. The highest BCUT2D eigenvalue weighted by Crippen LogP contribution is 2.25. The van der Waals surface area contributed by atoms with Crippen LogP contribution in [-0.2, 0) is 11.3 Å². The molecule has 0 aromatic heterocycles. The molecule has 1 aliphatic rings. The molecule has 0 saturated carbocycles. The van der Waals surface area contributed by atoms with Gasteiger partial charge in [-0.1, -0.05) is 30.7 Å². The summed E-state index contributed by atoms with van der Waals surface area (Å²) in [7, 11) is 0. The Morgan fingerprint density at radius 1 is 1.39 bits per heavy atom. The van der Waals surface area contributed by atoms with Gasteiger partial charge in [0, 0.05) is 19.6 Å². The van der Waals surface area contributed by atoms with E-state index in [0.29, 0.717) is 6.54 Å². The van der Waals surface area contributed by atoms with Gasteiger partial charge in [-0.3, -0.25) is 9.69 Å². The second-order valence-electron chi connectivity index (χ2n) is 5.55. The lowest BCUT2D eigenvalue weighted by Crippen LogP contribution is -2.23. The Hall–Kier alpha value is -1.35. The number of carbonyl (C=O) groups is 1. The minimum absolute atomic E-state index is 0.213. The van der Waals surface area contributed by atoms with Crippen molar-refractivity contribution in [3.8, 4) is 0 Å². The van der Waals surface area contributed by atoms with Crippen molar-refractivity contribution in [2.45, 2.75) is 27.3 Å². The Bertz CT molecular complexity index is 456. The van der Waals surface area contributed by atoms with E-state index in [4.69, 9.17) is 5.11 Å². The molecule has 0 bridgehead atoms. The van der Waals surface area contributed by atoms with Crippen LogP contribution in [0.25, 0.3) is 0 Å². The molecule has 18 heavy (non-hydrogen) atoms. The minimum atomic E-state index is -0.661. The van der Waals surface area contributed by atoms with Gasteiger partial charge in [0.2, 0.25) is 0 Å². The number of rotatable bonds is 3. The first-order valence-electron chi connectivity index (χ1n) is 6.48. The van der Waals surface area contributed by atoms with Gasteiger partial charge in [-0.2, -0.15) is 0 Å². The van der Waals surface area contributed by atoms with Crippen molar-refractivity contribution in [1.82, 2.24) is 4.90 Å². The summed E-state index contributed by atoms with van der Waals surface area (Å²) in [6.45, 7) is 8.65. The van der Waals surface area contributed by atoms with Crippen LogP contribution in [0.15, 0.2) is 18.2 Å². The van der Waals surface area contributed by atoms with Crippen molar-refractivity contribution < 1.29 is 9.90 Å². The third kappa shape index (κ3) is 2.72. The molecule has 1 aromatic carbocycles. The van der Waals surface area contributed by atoms with Crippen molar-refractivity contribution in [3.05, 3.63) is 34.9 Å². The molecule has 1 fully saturated rings.